The van der Waals surface area contributed by atoms with Gasteiger partial charge in [0.15, 0.2) is 0 Å². The molecule has 0 aromatic carbocycles. The van der Waals surface area contributed by atoms with Gasteiger partial charge < -0.3 is 10.2 Å². The van der Waals surface area contributed by atoms with Gasteiger partial charge in [-0.25, -0.2) is 0 Å². The van der Waals surface area contributed by atoms with Crippen LogP contribution in [0.5, 0.6) is 0 Å². The molecular weight excluding hydrogens is 266 g/mol. The van der Waals surface area contributed by atoms with Crippen molar-refractivity contribution in [2.45, 2.75) is 34.2 Å². The van der Waals surface area contributed by atoms with E-state index in [9.17, 15) is 9.59 Å². The van der Waals surface area contributed by atoms with Gasteiger partial charge in [0.1, 0.15) is 0 Å². The fourth-order valence-electron chi connectivity index (χ4n) is 2.03. The van der Waals surface area contributed by atoms with Crippen LogP contribution in [-0.2, 0) is 16.1 Å². The van der Waals surface area contributed by atoms with Gasteiger partial charge in [0.2, 0.25) is 0 Å². The predicted molar refractivity (Wildman–Crippen MR) is 82.3 cm³/mol. The number of nitrogens with one attached hydrogen (secondary N) is 1. The second kappa shape index (κ2) is 8.39. The third-order valence-electron chi connectivity index (χ3n) is 2.83. The van der Waals surface area contributed by atoms with Gasteiger partial charge in [0.25, 0.3) is 0 Å². The smallest absolute Gasteiger partial charge is 0.311 e. The van der Waals surface area contributed by atoms with Gasteiger partial charge in [-0.2, -0.15) is 0 Å². The van der Waals surface area contributed by atoms with Crippen molar-refractivity contribution in [1.82, 2.24) is 15.2 Å². The summed E-state index contributed by atoms with van der Waals surface area (Å²) in [5, 5.41) is 2.66. The molecule has 1 aromatic heterocycles. The number of pyridine rings is 1. The molecule has 116 valence electrons. The van der Waals surface area contributed by atoms with Crippen LogP contribution in [0.15, 0.2) is 24.5 Å². The van der Waals surface area contributed by atoms with E-state index in [0.717, 1.165) is 5.56 Å². The Balaban J connectivity index is 2.58. The summed E-state index contributed by atoms with van der Waals surface area (Å²) in [6.07, 6.45) is 3.34. The van der Waals surface area contributed by atoms with E-state index in [1.165, 1.54) is 0 Å². The van der Waals surface area contributed by atoms with E-state index in [2.05, 4.69) is 10.3 Å². The minimum absolute atomic E-state index is 0.315. The summed E-state index contributed by atoms with van der Waals surface area (Å²) in [6.45, 7) is 9.65. The lowest BCUT2D eigenvalue weighted by molar-refractivity contribution is -0.146. The molecule has 0 aliphatic heterocycles. The largest absolute Gasteiger partial charge is 0.344 e. The Hall–Kier alpha value is -1.91. The summed E-state index contributed by atoms with van der Waals surface area (Å²) in [5.74, 6) is -0.348. The molecule has 5 nitrogen and oxygen atoms in total. The monoisotopic (exact) mass is 291 g/mol. The second-order valence-electron chi connectivity index (χ2n) is 6.04. The van der Waals surface area contributed by atoms with E-state index >= 15 is 0 Å². The van der Waals surface area contributed by atoms with Gasteiger partial charge in [-0.3, -0.25) is 14.6 Å². The van der Waals surface area contributed by atoms with E-state index in [0.29, 0.717) is 31.5 Å². The van der Waals surface area contributed by atoms with Crippen molar-refractivity contribution in [3.05, 3.63) is 30.1 Å². The minimum atomic E-state index is -0.555. The highest BCUT2D eigenvalue weighted by Crippen LogP contribution is 2.05. The third-order valence-corrected chi connectivity index (χ3v) is 2.83. The van der Waals surface area contributed by atoms with Crippen molar-refractivity contribution in [1.29, 1.82) is 0 Å². The Kier molecular flexibility index (Phi) is 6.85. The Labute approximate surface area is 126 Å². The van der Waals surface area contributed by atoms with E-state index in [4.69, 9.17) is 0 Å². The lowest BCUT2D eigenvalue weighted by atomic mass is 10.1. The molecule has 21 heavy (non-hydrogen) atoms. The highest BCUT2D eigenvalue weighted by molar-refractivity contribution is 6.34. The SMILES string of the molecule is CC(C)CN(CC(C)C)C(=O)C(=O)NCc1cccnc1. The lowest BCUT2D eigenvalue weighted by Gasteiger charge is -2.25. The Morgan fingerprint density at radius 2 is 1.81 bits per heavy atom. The number of hydrogen-bond acceptors (Lipinski definition) is 3. The maximum Gasteiger partial charge on any atom is 0.311 e. The molecule has 0 radical (unpaired) electrons. The summed E-state index contributed by atoms with van der Waals surface area (Å²) in [5.41, 5.74) is 0.873. The molecule has 0 bridgehead atoms. The number of rotatable bonds is 6. The molecule has 0 saturated carbocycles. The summed E-state index contributed by atoms with van der Waals surface area (Å²) < 4.78 is 0. The molecule has 0 fully saturated rings. The molecule has 1 N–H and O–H groups in total. The van der Waals surface area contributed by atoms with E-state index in [1.54, 1.807) is 23.4 Å². The molecule has 1 aromatic rings. The maximum atomic E-state index is 12.2. The van der Waals surface area contributed by atoms with Crippen LogP contribution >= 0.6 is 0 Å². The first kappa shape index (κ1) is 17.1. The van der Waals surface area contributed by atoms with Gasteiger partial charge in [-0.05, 0) is 23.5 Å². The number of aromatic nitrogens is 1. The van der Waals surface area contributed by atoms with Gasteiger partial charge in [-0.1, -0.05) is 33.8 Å². The third kappa shape index (κ3) is 6.38. The topological polar surface area (TPSA) is 62.3 Å². The zero-order chi connectivity index (χ0) is 15.8. The molecule has 0 spiro atoms. The summed E-state index contributed by atoms with van der Waals surface area (Å²) >= 11 is 0. The number of carbonyl (C=O) groups excluding carboxylic acids is 2. The standard InChI is InChI=1S/C16H25N3O2/c1-12(2)10-19(11-13(3)4)16(21)15(20)18-9-14-6-5-7-17-8-14/h5-8,12-13H,9-11H2,1-4H3,(H,18,20). The van der Waals surface area contributed by atoms with Crippen LogP contribution in [0, 0.1) is 11.8 Å². The highest BCUT2D eigenvalue weighted by atomic mass is 16.2. The average Bonchev–Trinajstić information content (AvgIpc) is 2.43. The molecule has 0 aliphatic rings. The first-order valence-corrected chi connectivity index (χ1v) is 7.36. The number of amides is 2. The molecule has 1 heterocycles. The molecule has 1 rings (SSSR count). The zero-order valence-corrected chi connectivity index (χ0v) is 13.3. The van der Waals surface area contributed by atoms with Crippen molar-refractivity contribution < 1.29 is 9.59 Å². The summed E-state index contributed by atoms with van der Waals surface area (Å²) in [7, 11) is 0. The fourth-order valence-corrected chi connectivity index (χ4v) is 2.03. The van der Waals surface area contributed by atoms with Crippen LogP contribution in [-0.4, -0.2) is 34.8 Å². The van der Waals surface area contributed by atoms with Crippen LogP contribution < -0.4 is 5.32 Å². The van der Waals surface area contributed by atoms with Crippen molar-refractivity contribution >= 4 is 11.8 Å². The van der Waals surface area contributed by atoms with Gasteiger partial charge in [0, 0.05) is 32.0 Å². The molecule has 0 atom stereocenters. The van der Waals surface area contributed by atoms with Gasteiger partial charge >= 0.3 is 11.8 Å². The van der Waals surface area contributed by atoms with Crippen LogP contribution in [0.3, 0.4) is 0 Å². The van der Waals surface area contributed by atoms with Crippen LogP contribution in [0.1, 0.15) is 33.3 Å². The molecule has 2 amide bonds. The van der Waals surface area contributed by atoms with Crippen LogP contribution in [0.25, 0.3) is 0 Å². The Bertz CT molecular complexity index is 448. The van der Waals surface area contributed by atoms with Crippen molar-refractivity contribution in [2.75, 3.05) is 13.1 Å². The van der Waals surface area contributed by atoms with E-state index < -0.39 is 11.8 Å². The van der Waals surface area contributed by atoms with Crippen LogP contribution in [0.4, 0.5) is 0 Å². The Morgan fingerprint density at radius 3 is 2.29 bits per heavy atom. The lowest BCUT2D eigenvalue weighted by Crippen LogP contribution is -2.45. The number of carbonyl (C=O) groups is 2. The first-order valence-electron chi connectivity index (χ1n) is 7.36. The predicted octanol–water partition coefficient (Wildman–Crippen LogP) is 1.84. The highest BCUT2D eigenvalue weighted by Gasteiger charge is 2.22. The minimum Gasteiger partial charge on any atom is -0.344 e. The normalized spacial score (nSPS) is 10.8. The molecular formula is C16H25N3O2. The summed E-state index contributed by atoms with van der Waals surface area (Å²) in [4.78, 5) is 29.8. The van der Waals surface area contributed by atoms with E-state index in [1.807, 2.05) is 33.8 Å². The van der Waals surface area contributed by atoms with Crippen molar-refractivity contribution in [3.8, 4) is 0 Å². The molecule has 5 heteroatoms. The Morgan fingerprint density at radius 1 is 1.19 bits per heavy atom. The van der Waals surface area contributed by atoms with E-state index in [-0.39, 0.29) is 0 Å². The number of hydrogen-bond donors (Lipinski definition) is 1. The van der Waals surface area contributed by atoms with Crippen LogP contribution in [0.2, 0.25) is 0 Å². The summed E-state index contributed by atoms with van der Waals surface area (Å²) in [6, 6.07) is 3.66. The molecule has 0 saturated heterocycles. The average molecular weight is 291 g/mol. The first-order chi connectivity index (χ1) is 9.90. The fraction of sp³-hybridized carbons (Fsp3) is 0.562. The zero-order valence-electron chi connectivity index (χ0n) is 13.3. The van der Waals surface area contributed by atoms with Gasteiger partial charge in [0.05, 0.1) is 0 Å². The molecule has 0 unspecified atom stereocenters. The quantitative estimate of drug-likeness (QED) is 0.813. The number of nitrogens with zero attached hydrogens (tertiary/aromatic N) is 2. The van der Waals surface area contributed by atoms with Crippen molar-refractivity contribution in [2.24, 2.45) is 11.8 Å². The second-order valence-corrected chi connectivity index (χ2v) is 6.04. The molecule has 0 aliphatic carbocycles. The maximum absolute atomic E-state index is 12.2. The van der Waals surface area contributed by atoms with Gasteiger partial charge in [-0.15, -0.1) is 0 Å². The van der Waals surface area contributed by atoms with Crippen molar-refractivity contribution in [3.63, 3.8) is 0 Å².